The molecular formula is C17H23N3O6. The Hall–Kier alpha value is -2.04. The smallest absolute Gasteiger partial charge is 0.251 e. The van der Waals surface area contributed by atoms with Gasteiger partial charge in [-0.1, -0.05) is 0 Å². The van der Waals surface area contributed by atoms with E-state index in [2.05, 4.69) is 15.3 Å². The molecule has 2 aromatic rings. The van der Waals surface area contributed by atoms with E-state index in [0.717, 1.165) is 0 Å². The molecule has 0 unspecified atom stereocenters. The number of ether oxygens (including phenoxy) is 1. The van der Waals surface area contributed by atoms with Crippen LogP contribution < -0.4 is 5.32 Å². The normalized spacial score (nSPS) is 29.3. The number of imidazole rings is 1. The molecule has 1 saturated heterocycles. The number of hydrogen-bond acceptors (Lipinski definition) is 7. The first-order chi connectivity index (χ1) is 12.3. The molecular weight excluding hydrogens is 342 g/mol. The van der Waals surface area contributed by atoms with Gasteiger partial charge in [-0.25, -0.2) is 4.98 Å². The average molecular weight is 365 g/mol. The number of hydrogen-bond donors (Lipinski definition) is 6. The number of carbonyl (C=O) groups excluding carboxylic acids is 1. The second-order valence-corrected chi connectivity index (χ2v) is 6.73. The molecule has 3 rings (SSSR count). The van der Waals surface area contributed by atoms with Crippen molar-refractivity contribution in [3.8, 4) is 0 Å². The van der Waals surface area contributed by atoms with Gasteiger partial charge in [-0.3, -0.25) is 4.79 Å². The van der Waals surface area contributed by atoms with E-state index in [9.17, 15) is 25.2 Å². The fourth-order valence-electron chi connectivity index (χ4n) is 2.98. The van der Waals surface area contributed by atoms with Crippen LogP contribution in [0.3, 0.4) is 0 Å². The fourth-order valence-corrected chi connectivity index (χ4v) is 2.98. The summed E-state index contributed by atoms with van der Waals surface area (Å²) in [7, 11) is 0. The Bertz CT molecular complexity index is 790. The van der Waals surface area contributed by atoms with Crippen molar-refractivity contribution in [1.29, 1.82) is 0 Å². The standard InChI is InChI=1S/C17H23N3O6/c1-7(2)18-17(25)8-3-4-9-10(5-8)20-16(19-9)15-14(24)13(23)12(22)11(6-21)26-15/h3-5,7,11-15,21-24H,6H2,1-2H3,(H,18,25)(H,19,20)/t11-,12+,13+,14-,15-/m1/s1. The van der Waals surface area contributed by atoms with Gasteiger partial charge < -0.3 is 35.5 Å². The molecule has 26 heavy (non-hydrogen) atoms. The summed E-state index contributed by atoms with van der Waals surface area (Å²) in [6.07, 6.45) is -6.39. The average Bonchev–Trinajstić information content (AvgIpc) is 3.02. The van der Waals surface area contributed by atoms with Gasteiger partial charge in [0, 0.05) is 11.6 Å². The Balaban J connectivity index is 1.90. The molecule has 0 spiro atoms. The zero-order valence-corrected chi connectivity index (χ0v) is 14.5. The largest absolute Gasteiger partial charge is 0.394 e. The van der Waals surface area contributed by atoms with E-state index in [1.165, 1.54) is 0 Å². The first-order valence-electron chi connectivity index (χ1n) is 8.43. The van der Waals surface area contributed by atoms with Crippen molar-refractivity contribution in [2.45, 2.75) is 50.4 Å². The number of fused-ring (bicyclic) bond motifs is 1. The van der Waals surface area contributed by atoms with Gasteiger partial charge in [-0.2, -0.15) is 0 Å². The maximum atomic E-state index is 12.1. The third-order valence-electron chi connectivity index (χ3n) is 4.34. The third kappa shape index (κ3) is 3.44. The summed E-state index contributed by atoms with van der Waals surface area (Å²) in [5.74, 6) is 0.0178. The summed E-state index contributed by atoms with van der Waals surface area (Å²) in [5.41, 5.74) is 1.57. The summed E-state index contributed by atoms with van der Waals surface area (Å²) < 4.78 is 5.49. The summed E-state index contributed by atoms with van der Waals surface area (Å²) >= 11 is 0. The lowest BCUT2D eigenvalue weighted by atomic mass is 9.95. The van der Waals surface area contributed by atoms with Crippen molar-refractivity contribution in [3.05, 3.63) is 29.6 Å². The molecule has 2 heterocycles. The lowest BCUT2D eigenvalue weighted by Crippen LogP contribution is -2.55. The minimum atomic E-state index is -1.48. The van der Waals surface area contributed by atoms with Crippen LogP contribution in [0.5, 0.6) is 0 Å². The molecule has 0 radical (unpaired) electrons. The van der Waals surface area contributed by atoms with E-state index in [4.69, 9.17) is 4.74 Å². The number of aliphatic hydroxyl groups excluding tert-OH is 4. The molecule has 0 saturated carbocycles. The number of amides is 1. The van der Waals surface area contributed by atoms with Crippen molar-refractivity contribution in [2.24, 2.45) is 0 Å². The van der Waals surface area contributed by atoms with Crippen molar-refractivity contribution >= 4 is 16.9 Å². The van der Waals surface area contributed by atoms with Crippen molar-refractivity contribution < 1.29 is 30.0 Å². The molecule has 1 fully saturated rings. The Labute approximate surface area is 149 Å². The number of H-pyrrole nitrogens is 1. The van der Waals surface area contributed by atoms with E-state index in [1.807, 2.05) is 13.8 Å². The zero-order valence-electron chi connectivity index (χ0n) is 14.5. The van der Waals surface area contributed by atoms with Crippen LogP contribution in [0.25, 0.3) is 11.0 Å². The lowest BCUT2D eigenvalue weighted by molar-refractivity contribution is -0.233. The van der Waals surface area contributed by atoms with Crippen LogP contribution in [-0.4, -0.2) is 73.4 Å². The van der Waals surface area contributed by atoms with Gasteiger partial charge in [0.05, 0.1) is 17.6 Å². The van der Waals surface area contributed by atoms with E-state index in [0.29, 0.717) is 16.6 Å². The van der Waals surface area contributed by atoms with Gasteiger partial charge in [-0.05, 0) is 32.0 Å². The zero-order chi connectivity index (χ0) is 19.0. The van der Waals surface area contributed by atoms with Crippen LogP contribution >= 0.6 is 0 Å². The predicted molar refractivity (Wildman–Crippen MR) is 91.4 cm³/mol. The fraction of sp³-hybridized carbons (Fsp3) is 0.529. The van der Waals surface area contributed by atoms with Gasteiger partial charge in [0.25, 0.3) is 5.91 Å². The molecule has 6 N–H and O–H groups in total. The van der Waals surface area contributed by atoms with Gasteiger partial charge in [-0.15, -0.1) is 0 Å². The molecule has 1 aromatic carbocycles. The highest BCUT2D eigenvalue weighted by Gasteiger charge is 2.45. The lowest BCUT2D eigenvalue weighted by Gasteiger charge is -2.39. The van der Waals surface area contributed by atoms with Crippen molar-refractivity contribution in [3.63, 3.8) is 0 Å². The number of aliphatic hydroxyl groups is 4. The van der Waals surface area contributed by atoms with E-state index < -0.39 is 37.1 Å². The minimum absolute atomic E-state index is 0.00430. The molecule has 9 nitrogen and oxygen atoms in total. The monoisotopic (exact) mass is 365 g/mol. The first-order valence-corrected chi connectivity index (χ1v) is 8.43. The molecule has 142 valence electrons. The molecule has 1 aromatic heterocycles. The van der Waals surface area contributed by atoms with Crippen LogP contribution in [0.1, 0.15) is 36.1 Å². The maximum Gasteiger partial charge on any atom is 0.251 e. The molecule has 5 atom stereocenters. The first kappa shape index (κ1) is 18.7. The number of carbonyl (C=O) groups is 1. The van der Waals surface area contributed by atoms with Gasteiger partial charge >= 0.3 is 0 Å². The molecule has 9 heteroatoms. The summed E-state index contributed by atoms with van der Waals surface area (Å²) in [6.45, 7) is 3.22. The third-order valence-corrected chi connectivity index (χ3v) is 4.34. The number of nitrogens with zero attached hydrogens (tertiary/aromatic N) is 1. The highest BCUT2D eigenvalue weighted by atomic mass is 16.5. The van der Waals surface area contributed by atoms with E-state index in [-0.39, 0.29) is 17.8 Å². The molecule has 1 aliphatic rings. The van der Waals surface area contributed by atoms with Crippen LogP contribution in [-0.2, 0) is 4.74 Å². The van der Waals surface area contributed by atoms with E-state index in [1.54, 1.807) is 18.2 Å². The van der Waals surface area contributed by atoms with Gasteiger partial charge in [0.1, 0.15) is 36.3 Å². The number of benzene rings is 1. The minimum Gasteiger partial charge on any atom is -0.394 e. The second-order valence-electron chi connectivity index (χ2n) is 6.73. The highest BCUT2D eigenvalue weighted by Crippen LogP contribution is 2.32. The van der Waals surface area contributed by atoms with Crippen LogP contribution in [0.4, 0.5) is 0 Å². The van der Waals surface area contributed by atoms with Crippen molar-refractivity contribution in [2.75, 3.05) is 6.61 Å². The number of aromatic nitrogens is 2. The number of rotatable bonds is 4. The summed E-state index contributed by atoms with van der Waals surface area (Å²) in [5, 5.41) is 42.1. The summed E-state index contributed by atoms with van der Waals surface area (Å²) in [4.78, 5) is 19.4. The number of nitrogens with one attached hydrogen (secondary N) is 2. The summed E-state index contributed by atoms with van der Waals surface area (Å²) in [6, 6.07) is 4.93. The van der Waals surface area contributed by atoms with Crippen LogP contribution in [0.15, 0.2) is 18.2 Å². The van der Waals surface area contributed by atoms with E-state index >= 15 is 0 Å². The topological polar surface area (TPSA) is 148 Å². The molecule has 0 bridgehead atoms. The SMILES string of the molecule is CC(C)NC(=O)c1ccc2nc([C@@H]3O[C@H](CO)[C@H](O)[C@H](O)[C@H]3O)[nH]c2c1. The highest BCUT2D eigenvalue weighted by molar-refractivity contribution is 5.97. The molecule has 1 aliphatic heterocycles. The quantitative estimate of drug-likeness (QED) is 0.416. The van der Waals surface area contributed by atoms with Gasteiger partial charge in [0.15, 0.2) is 0 Å². The Kier molecular flexibility index (Phi) is 5.26. The Morgan fingerprint density at radius 3 is 2.65 bits per heavy atom. The second kappa shape index (κ2) is 7.29. The Morgan fingerprint density at radius 2 is 2.00 bits per heavy atom. The van der Waals surface area contributed by atoms with Crippen molar-refractivity contribution in [1.82, 2.24) is 15.3 Å². The van der Waals surface area contributed by atoms with Gasteiger partial charge in [0.2, 0.25) is 0 Å². The Morgan fingerprint density at radius 1 is 1.27 bits per heavy atom. The molecule has 0 aliphatic carbocycles. The maximum absolute atomic E-state index is 12.1. The van der Waals surface area contributed by atoms with Crippen LogP contribution in [0.2, 0.25) is 0 Å². The predicted octanol–water partition coefficient (Wildman–Crippen LogP) is -0.784. The molecule has 1 amide bonds. The van der Waals surface area contributed by atoms with Crippen LogP contribution in [0, 0.1) is 0 Å². The number of aromatic amines is 1.